The van der Waals surface area contributed by atoms with Crippen LogP contribution in [-0.4, -0.2) is 29.2 Å². The zero-order valence-corrected chi connectivity index (χ0v) is 13.8. The minimum absolute atomic E-state index is 0.290. The van der Waals surface area contributed by atoms with E-state index in [-0.39, 0.29) is 5.15 Å². The Morgan fingerprint density at radius 2 is 2.05 bits per heavy atom. The maximum absolute atomic E-state index is 5.92. The second kappa shape index (κ2) is 5.79. The third kappa shape index (κ3) is 3.92. The Labute approximate surface area is 123 Å². The summed E-state index contributed by atoms with van der Waals surface area (Å²) < 4.78 is 7.51. The molecule has 0 radical (unpaired) electrons. The fraction of sp³-hybridized carbons (Fsp3) is 0.500. The van der Waals surface area contributed by atoms with Crippen LogP contribution in [-0.2, 0) is 11.5 Å². The Kier molecular flexibility index (Phi) is 4.50. The first-order chi connectivity index (χ1) is 8.87. The molecule has 2 aromatic heterocycles. The Morgan fingerprint density at radius 3 is 2.74 bits per heavy atom. The van der Waals surface area contributed by atoms with Crippen molar-refractivity contribution in [2.45, 2.75) is 32.4 Å². The smallest absolute Gasteiger partial charge is 0.163 e. The number of hydrogen-bond acceptors (Lipinski definition) is 3. The number of pyridine rings is 1. The highest BCUT2D eigenvalue weighted by Crippen LogP contribution is 2.23. The van der Waals surface area contributed by atoms with Crippen LogP contribution < -0.4 is 0 Å². The van der Waals surface area contributed by atoms with Gasteiger partial charge in [0.05, 0.1) is 11.3 Å². The van der Waals surface area contributed by atoms with Crippen molar-refractivity contribution in [3.8, 4) is 0 Å². The summed E-state index contributed by atoms with van der Waals surface area (Å²) in [5.74, 6) is 0. The van der Waals surface area contributed by atoms with Crippen molar-refractivity contribution < 1.29 is 4.74 Å². The molecular weight excluding hydrogens is 301 g/mol. The van der Waals surface area contributed by atoms with Gasteiger partial charge in [-0.3, -0.25) is 4.57 Å². The average Bonchev–Trinajstić information content (AvgIpc) is 2.67. The van der Waals surface area contributed by atoms with Crippen molar-refractivity contribution in [2.24, 2.45) is 0 Å². The van der Waals surface area contributed by atoms with Gasteiger partial charge in [-0.25, -0.2) is 9.97 Å². The molecule has 2 rings (SSSR count). The molecule has 0 atom stereocenters. The van der Waals surface area contributed by atoms with Gasteiger partial charge in [0.25, 0.3) is 0 Å². The van der Waals surface area contributed by atoms with Gasteiger partial charge in [0, 0.05) is 14.7 Å². The van der Waals surface area contributed by atoms with E-state index in [2.05, 4.69) is 29.6 Å². The zero-order valence-electron chi connectivity index (χ0n) is 11.3. The molecule has 0 aliphatic heterocycles. The van der Waals surface area contributed by atoms with Gasteiger partial charge in [-0.15, -0.1) is 0 Å². The lowest BCUT2D eigenvalue weighted by Gasteiger charge is -2.15. The summed E-state index contributed by atoms with van der Waals surface area (Å²) in [6, 6.07) is 2.85. The lowest BCUT2D eigenvalue weighted by molar-refractivity contribution is 0.0895. The summed E-state index contributed by atoms with van der Waals surface area (Å²) in [4.78, 5) is 8.46. The van der Waals surface area contributed by atoms with Crippen LogP contribution in [0.2, 0.25) is 35.9 Å². The molecule has 0 bridgehead atoms. The number of nitrogens with zero attached hydrogens (tertiary/aromatic N) is 3. The van der Waals surface area contributed by atoms with Crippen LogP contribution in [0.5, 0.6) is 0 Å². The molecule has 0 saturated carbocycles. The van der Waals surface area contributed by atoms with Gasteiger partial charge >= 0.3 is 0 Å². The molecule has 0 amide bonds. The predicted molar refractivity (Wildman–Crippen MR) is 81.7 cm³/mol. The van der Waals surface area contributed by atoms with Crippen LogP contribution >= 0.6 is 23.2 Å². The monoisotopic (exact) mass is 317 g/mol. The lowest BCUT2D eigenvalue weighted by atomic mass is 10.4. The molecule has 19 heavy (non-hydrogen) atoms. The highest BCUT2D eigenvalue weighted by atomic mass is 35.5. The molecule has 0 N–H and O–H groups in total. The predicted octanol–water partition coefficient (Wildman–Crippen LogP) is 4.05. The third-order valence-electron chi connectivity index (χ3n) is 2.73. The van der Waals surface area contributed by atoms with E-state index in [1.807, 2.05) is 4.57 Å². The normalized spacial score (nSPS) is 12.3. The quantitative estimate of drug-likeness (QED) is 0.474. The summed E-state index contributed by atoms with van der Waals surface area (Å²) in [7, 11) is -1.05. The number of rotatable bonds is 5. The number of imidazole rings is 1. The van der Waals surface area contributed by atoms with Gasteiger partial charge in [-0.1, -0.05) is 42.8 Å². The number of halogens is 2. The van der Waals surface area contributed by atoms with Gasteiger partial charge in [-0.2, -0.15) is 0 Å². The Morgan fingerprint density at radius 1 is 1.32 bits per heavy atom. The summed E-state index contributed by atoms with van der Waals surface area (Å²) in [5, 5.41) is 0.706. The summed E-state index contributed by atoms with van der Waals surface area (Å²) in [6.45, 7) is 8.17. The van der Waals surface area contributed by atoms with Crippen molar-refractivity contribution in [1.82, 2.24) is 14.5 Å². The third-order valence-corrected chi connectivity index (χ3v) is 5.11. The Balaban J connectivity index is 2.03. The SMILES string of the molecule is C[Si](C)(C)CCOCn1cnc2cc(Cl)c(Cl)nc21. The highest BCUT2D eigenvalue weighted by molar-refractivity contribution is 6.76. The molecule has 0 aliphatic rings. The minimum atomic E-state index is -1.05. The first-order valence-electron chi connectivity index (χ1n) is 6.11. The van der Waals surface area contributed by atoms with Gasteiger partial charge in [0.2, 0.25) is 0 Å². The second-order valence-corrected chi connectivity index (χ2v) is 12.1. The van der Waals surface area contributed by atoms with Gasteiger partial charge in [0.1, 0.15) is 17.4 Å². The molecule has 0 aliphatic carbocycles. The summed E-state index contributed by atoms with van der Waals surface area (Å²) >= 11 is 11.8. The largest absolute Gasteiger partial charge is 0.361 e. The molecule has 2 aromatic rings. The van der Waals surface area contributed by atoms with Crippen LogP contribution in [0.1, 0.15) is 0 Å². The molecule has 104 valence electrons. The second-order valence-electron chi connectivity index (χ2n) is 5.67. The number of aromatic nitrogens is 3. The van der Waals surface area contributed by atoms with E-state index in [4.69, 9.17) is 27.9 Å². The molecule has 2 heterocycles. The molecular formula is C12H17Cl2N3OSi. The first kappa shape index (κ1) is 14.8. The topological polar surface area (TPSA) is 39.9 Å². The van der Waals surface area contributed by atoms with Crippen LogP contribution in [0.25, 0.3) is 11.2 Å². The van der Waals surface area contributed by atoms with Crippen LogP contribution in [0.3, 0.4) is 0 Å². The molecule has 0 spiro atoms. The molecule has 0 unspecified atom stereocenters. The Bertz CT molecular complexity index is 580. The van der Waals surface area contributed by atoms with E-state index in [0.717, 1.165) is 18.2 Å². The number of hydrogen-bond donors (Lipinski definition) is 0. The zero-order chi connectivity index (χ0) is 14.0. The van der Waals surface area contributed by atoms with E-state index >= 15 is 0 Å². The van der Waals surface area contributed by atoms with E-state index in [9.17, 15) is 0 Å². The fourth-order valence-electron chi connectivity index (χ4n) is 1.58. The molecule has 4 nitrogen and oxygen atoms in total. The average molecular weight is 318 g/mol. The van der Waals surface area contributed by atoms with E-state index in [0.29, 0.717) is 17.4 Å². The standard InChI is InChI=1S/C12H17Cl2N3OSi/c1-19(2,3)5-4-18-8-17-7-15-10-6-9(13)11(14)16-12(10)17/h6-7H,4-5,8H2,1-3H3. The van der Waals surface area contributed by atoms with Crippen molar-refractivity contribution in [3.63, 3.8) is 0 Å². The fourth-order valence-corrected chi connectivity index (χ4v) is 2.61. The first-order valence-corrected chi connectivity index (χ1v) is 10.6. The summed E-state index contributed by atoms with van der Waals surface area (Å²) in [5.41, 5.74) is 1.42. The maximum atomic E-state index is 5.92. The van der Waals surface area contributed by atoms with Gasteiger partial charge in [0.15, 0.2) is 5.65 Å². The van der Waals surface area contributed by atoms with Crippen molar-refractivity contribution in [3.05, 3.63) is 22.6 Å². The van der Waals surface area contributed by atoms with Gasteiger partial charge < -0.3 is 4.74 Å². The highest BCUT2D eigenvalue weighted by Gasteiger charge is 2.13. The molecule has 0 aromatic carbocycles. The molecule has 0 saturated heterocycles. The van der Waals surface area contributed by atoms with Crippen LogP contribution in [0.4, 0.5) is 0 Å². The summed E-state index contributed by atoms with van der Waals surface area (Å²) in [6.07, 6.45) is 1.69. The van der Waals surface area contributed by atoms with Crippen molar-refractivity contribution in [2.75, 3.05) is 6.61 Å². The Hall–Kier alpha value is -0.623. The van der Waals surface area contributed by atoms with Crippen LogP contribution in [0, 0.1) is 0 Å². The molecule has 7 heteroatoms. The minimum Gasteiger partial charge on any atom is -0.361 e. The molecule has 0 fully saturated rings. The van der Waals surface area contributed by atoms with Gasteiger partial charge in [-0.05, 0) is 12.1 Å². The van der Waals surface area contributed by atoms with E-state index in [1.54, 1.807) is 12.4 Å². The van der Waals surface area contributed by atoms with Crippen molar-refractivity contribution >= 4 is 42.4 Å². The van der Waals surface area contributed by atoms with Crippen LogP contribution in [0.15, 0.2) is 12.4 Å². The van der Waals surface area contributed by atoms with E-state index < -0.39 is 8.07 Å². The number of fused-ring (bicyclic) bond motifs is 1. The van der Waals surface area contributed by atoms with Crippen molar-refractivity contribution in [1.29, 1.82) is 0 Å². The number of ether oxygens (including phenoxy) is 1. The van der Waals surface area contributed by atoms with E-state index in [1.165, 1.54) is 0 Å². The lowest BCUT2D eigenvalue weighted by Crippen LogP contribution is -2.22. The maximum Gasteiger partial charge on any atom is 0.163 e.